The topological polar surface area (TPSA) is 26.3 Å². The van der Waals surface area contributed by atoms with Crippen molar-refractivity contribution in [2.75, 3.05) is 6.61 Å². The Bertz CT molecular complexity index is 587. The lowest BCUT2D eigenvalue weighted by molar-refractivity contribution is -0.143. The number of carbonyl (C=O) groups is 1. The predicted molar refractivity (Wildman–Crippen MR) is 221 cm³/mol. The highest BCUT2D eigenvalue weighted by Crippen LogP contribution is 2.17. The van der Waals surface area contributed by atoms with Crippen molar-refractivity contribution < 1.29 is 9.53 Å². The molecule has 0 aliphatic carbocycles. The lowest BCUT2D eigenvalue weighted by Crippen LogP contribution is -2.05. The van der Waals surface area contributed by atoms with Gasteiger partial charge in [-0.1, -0.05) is 271 Å². The van der Waals surface area contributed by atoms with E-state index in [4.69, 9.17) is 4.74 Å². The monoisotopic (exact) mass is 691 g/mol. The van der Waals surface area contributed by atoms with Gasteiger partial charge in [0.05, 0.1) is 6.61 Å². The average Bonchev–Trinajstić information content (AvgIpc) is 3.11. The summed E-state index contributed by atoms with van der Waals surface area (Å²) >= 11 is 0. The van der Waals surface area contributed by atoms with Crippen LogP contribution in [0, 0.1) is 0 Å². The van der Waals surface area contributed by atoms with Crippen molar-refractivity contribution >= 4 is 5.97 Å². The first kappa shape index (κ1) is 48.5. The predicted octanol–water partition coefficient (Wildman–Crippen LogP) is 17.3. The van der Waals surface area contributed by atoms with Gasteiger partial charge in [-0.3, -0.25) is 4.79 Å². The van der Waals surface area contributed by atoms with Gasteiger partial charge in [0.15, 0.2) is 0 Å². The van der Waals surface area contributed by atoms with Crippen LogP contribution in [-0.4, -0.2) is 12.6 Å². The molecule has 49 heavy (non-hydrogen) atoms. The molecule has 0 aliphatic heterocycles. The first-order chi connectivity index (χ1) is 24.3. The second kappa shape index (κ2) is 45.5. The second-order valence-electron chi connectivity index (χ2n) is 16.1. The Labute approximate surface area is 311 Å². The van der Waals surface area contributed by atoms with Gasteiger partial charge in [-0.25, -0.2) is 0 Å². The highest BCUT2D eigenvalue weighted by atomic mass is 16.5. The standard InChI is InChI=1S/C47H94O2/c1-3-5-7-9-11-13-15-17-19-21-23-25-26-28-30-32-34-36-38-40-42-44-46-49-47(48)45-43-41-39-37-35-33-31-29-27-24-22-20-18-16-14-12-10-8-6-4-2/h3-46H2,1-2H3. The van der Waals surface area contributed by atoms with E-state index in [9.17, 15) is 4.79 Å². The highest BCUT2D eigenvalue weighted by molar-refractivity contribution is 5.69. The van der Waals surface area contributed by atoms with Crippen LogP contribution in [0.1, 0.15) is 290 Å². The Hall–Kier alpha value is -0.530. The van der Waals surface area contributed by atoms with Crippen molar-refractivity contribution in [3.8, 4) is 0 Å². The van der Waals surface area contributed by atoms with Crippen molar-refractivity contribution in [1.82, 2.24) is 0 Å². The molecule has 0 spiro atoms. The van der Waals surface area contributed by atoms with Gasteiger partial charge >= 0.3 is 5.97 Å². The van der Waals surface area contributed by atoms with Crippen molar-refractivity contribution in [3.05, 3.63) is 0 Å². The summed E-state index contributed by atoms with van der Waals surface area (Å²) < 4.78 is 5.49. The molecule has 0 N–H and O–H groups in total. The van der Waals surface area contributed by atoms with Crippen LogP contribution < -0.4 is 0 Å². The third kappa shape index (κ3) is 45.4. The quantitative estimate of drug-likeness (QED) is 0.0470. The molecule has 0 aromatic heterocycles. The lowest BCUT2D eigenvalue weighted by atomic mass is 10.0. The van der Waals surface area contributed by atoms with Gasteiger partial charge in [0, 0.05) is 6.42 Å². The fourth-order valence-corrected chi connectivity index (χ4v) is 7.49. The minimum Gasteiger partial charge on any atom is -0.466 e. The van der Waals surface area contributed by atoms with Gasteiger partial charge in [-0.05, 0) is 12.8 Å². The van der Waals surface area contributed by atoms with E-state index < -0.39 is 0 Å². The summed E-state index contributed by atoms with van der Waals surface area (Å²) in [7, 11) is 0. The van der Waals surface area contributed by atoms with Crippen LogP contribution in [0.25, 0.3) is 0 Å². The molecule has 0 rings (SSSR count). The maximum absolute atomic E-state index is 12.0. The maximum Gasteiger partial charge on any atom is 0.305 e. The summed E-state index contributed by atoms with van der Waals surface area (Å²) in [6.45, 7) is 5.24. The molecule has 0 atom stereocenters. The van der Waals surface area contributed by atoms with Crippen molar-refractivity contribution in [2.24, 2.45) is 0 Å². The summed E-state index contributed by atoms with van der Waals surface area (Å²) in [5, 5.41) is 0. The van der Waals surface area contributed by atoms with E-state index >= 15 is 0 Å². The maximum atomic E-state index is 12.0. The molecule has 0 saturated heterocycles. The van der Waals surface area contributed by atoms with E-state index in [1.54, 1.807) is 0 Å². The molecule has 0 aliphatic rings. The van der Waals surface area contributed by atoms with Crippen LogP contribution in [0.5, 0.6) is 0 Å². The number of hydrogen-bond acceptors (Lipinski definition) is 2. The molecule has 0 heterocycles. The summed E-state index contributed by atoms with van der Waals surface area (Å²) in [4.78, 5) is 12.0. The molecule has 0 bridgehead atoms. The zero-order valence-electron chi connectivity index (χ0n) is 34.4. The number of esters is 1. The minimum absolute atomic E-state index is 0.0332. The first-order valence-corrected chi connectivity index (χ1v) is 23.5. The van der Waals surface area contributed by atoms with Gasteiger partial charge < -0.3 is 4.74 Å². The largest absolute Gasteiger partial charge is 0.466 e. The van der Waals surface area contributed by atoms with E-state index in [1.807, 2.05) is 0 Å². The second-order valence-corrected chi connectivity index (χ2v) is 16.1. The van der Waals surface area contributed by atoms with Crippen LogP contribution in [-0.2, 0) is 9.53 Å². The van der Waals surface area contributed by atoms with Gasteiger partial charge in [0.2, 0.25) is 0 Å². The number of hydrogen-bond donors (Lipinski definition) is 0. The molecule has 294 valence electrons. The van der Waals surface area contributed by atoms with Crippen molar-refractivity contribution in [1.29, 1.82) is 0 Å². The normalized spacial score (nSPS) is 11.5. The minimum atomic E-state index is 0.0332. The van der Waals surface area contributed by atoms with E-state index in [2.05, 4.69) is 13.8 Å². The Morgan fingerprint density at radius 3 is 0.673 bits per heavy atom. The molecule has 0 aromatic rings. The number of unbranched alkanes of at least 4 members (excludes halogenated alkanes) is 40. The smallest absolute Gasteiger partial charge is 0.305 e. The zero-order valence-corrected chi connectivity index (χ0v) is 34.4. The molecule has 0 radical (unpaired) electrons. The number of ether oxygens (including phenoxy) is 1. The third-order valence-corrected chi connectivity index (χ3v) is 11.0. The summed E-state index contributed by atoms with van der Waals surface area (Å²) in [6, 6.07) is 0. The van der Waals surface area contributed by atoms with Crippen LogP contribution in [0.4, 0.5) is 0 Å². The fourth-order valence-electron chi connectivity index (χ4n) is 7.49. The van der Waals surface area contributed by atoms with E-state index in [-0.39, 0.29) is 5.97 Å². The van der Waals surface area contributed by atoms with Crippen LogP contribution in [0.15, 0.2) is 0 Å². The summed E-state index contributed by atoms with van der Waals surface area (Å²) in [5.74, 6) is 0.0332. The van der Waals surface area contributed by atoms with Crippen LogP contribution in [0.2, 0.25) is 0 Å². The highest BCUT2D eigenvalue weighted by Gasteiger charge is 2.03. The van der Waals surface area contributed by atoms with E-state index in [0.29, 0.717) is 13.0 Å². The molecule has 0 fully saturated rings. The van der Waals surface area contributed by atoms with Gasteiger partial charge in [0.25, 0.3) is 0 Å². The lowest BCUT2D eigenvalue weighted by Gasteiger charge is -2.06. The van der Waals surface area contributed by atoms with Crippen LogP contribution in [0.3, 0.4) is 0 Å². The molecular formula is C47H94O2. The molecular weight excluding hydrogens is 597 g/mol. The molecule has 0 unspecified atom stereocenters. The third-order valence-electron chi connectivity index (χ3n) is 11.0. The van der Waals surface area contributed by atoms with Crippen molar-refractivity contribution in [2.45, 2.75) is 290 Å². The Morgan fingerprint density at radius 2 is 0.449 bits per heavy atom. The summed E-state index contributed by atoms with van der Waals surface area (Å²) in [5.41, 5.74) is 0. The van der Waals surface area contributed by atoms with E-state index in [1.165, 1.54) is 257 Å². The number of carbonyl (C=O) groups excluding carboxylic acids is 1. The van der Waals surface area contributed by atoms with Gasteiger partial charge in [-0.2, -0.15) is 0 Å². The van der Waals surface area contributed by atoms with Gasteiger partial charge in [0.1, 0.15) is 0 Å². The molecule has 2 nitrogen and oxygen atoms in total. The van der Waals surface area contributed by atoms with Crippen LogP contribution >= 0.6 is 0 Å². The molecule has 0 saturated carbocycles. The Balaban J connectivity index is 3.14. The van der Waals surface area contributed by atoms with Gasteiger partial charge in [-0.15, -0.1) is 0 Å². The zero-order chi connectivity index (χ0) is 35.4. The van der Waals surface area contributed by atoms with Crippen molar-refractivity contribution in [3.63, 3.8) is 0 Å². The van der Waals surface area contributed by atoms with E-state index in [0.717, 1.165) is 12.8 Å². The molecule has 2 heteroatoms. The first-order valence-electron chi connectivity index (χ1n) is 23.5. The Kier molecular flexibility index (Phi) is 45.0. The fraction of sp³-hybridized carbons (Fsp3) is 0.979. The number of rotatable bonds is 44. The summed E-state index contributed by atoms with van der Waals surface area (Å²) in [6.07, 6.45) is 59.4. The Morgan fingerprint density at radius 1 is 0.265 bits per heavy atom. The average molecular weight is 691 g/mol. The molecule has 0 amide bonds. The SMILES string of the molecule is CCCCCCCCCCCCCCCCCCCCCCCCOC(=O)CCCCCCCCCCCCCCCCCCCCCC. The molecule has 0 aromatic carbocycles.